The topological polar surface area (TPSA) is 106 Å². The second-order valence-electron chi connectivity index (χ2n) is 10.0. The zero-order valence-electron chi connectivity index (χ0n) is 21.4. The fourth-order valence-corrected chi connectivity index (χ4v) is 5.20. The normalized spacial score (nSPS) is 17.8. The monoisotopic (exact) mass is 500 g/mol. The van der Waals surface area contributed by atoms with E-state index in [9.17, 15) is 14.7 Å². The van der Waals surface area contributed by atoms with Crippen molar-refractivity contribution in [2.75, 3.05) is 4.90 Å². The Morgan fingerprint density at radius 2 is 1.84 bits per heavy atom. The highest BCUT2D eigenvalue weighted by atomic mass is 16.4. The van der Waals surface area contributed by atoms with Gasteiger partial charge in [0.1, 0.15) is 5.56 Å². The molecule has 0 radical (unpaired) electrons. The Morgan fingerprint density at radius 1 is 1.11 bits per heavy atom. The van der Waals surface area contributed by atoms with Crippen LogP contribution in [0.4, 0.5) is 5.82 Å². The van der Waals surface area contributed by atoms with Gasteiger partial charge in [-0.25, -0.2) is 19.0 Å². The molecule has 37 heavy (non-hydrogen) atoms. The number of aromatic carboxylic acids is 1. The highest BCUT2D eigenvalue weighted by Gasteiger charge is 2.34. The van der Waals surface area contributed by atoms with Gasteiger partial charge in [0.05, 0.1) is 11.4 Å². The fraction of sp³-hybridized carbons (Fsp3) is 0.393. The van der Waals surface area contributed by atoms with Crippen molar-refractivity contribution < 1.29 is 14.7 Å². The zero-order valence-corrected chi connectivity index (χ0v) is 21.4. The molecule has 192 valence electrons. The number of benzene rings is 1. The van der Waals surface area contributed by atoms with Gasteiger partial charge >= 0.3 is 5.97 Å². The molecule has 1 aromatic carbocycles. The summed E-state index contributed by atoms with van der Waals surface area (Å²) in [7, 11) is 0. The second-order valence-corrected chi connectivity index (χ2v) is 10.0. The minimum absolute atomic E-state index is 0.0137. The lowest BCUT2D eigenvalue weighted by Crippen LogP contribution is -2.43. The highest BCUT2D eigenvalue weighted by Crippen LogP contribution is 2.34. The van der Waals surface area contributed by atoms with Gasteiger partial charge in [0.25, 0.3) is 0 Å². The van der Waals surface area contributed by atoms with E-state index in [1.54, 1.807) is 15.6 Å². The number of hydrogen-bond acceptors (Lipinski definition) is 5. The smallest absolute Gasteiger partial charge is 0.341 e. The molecule has 1 saturated carbocycles. The van der Waals surface area contributed by atoms with Crippen molar-refractivity contribution in [2.45, 2.75) is 58.9 Å². The summed E-state index contributed by atoms with van der Waals surface area (Å²) < 4.78 is 3.25. The molecular formula is C28H32N6O3. The molecule has 0 unspecified atom stereocenters. The third-order valence-corrected chi connectivity index (χ3v) is 7.34. The van der Waals surface area contributed by atoms with E-state index >= 15 is 0 Å². The first kappa shape index (κ1) is 24.7. The molecule has 5 rings (SSSR count). The van der Waals surface area contributed by atoms with E-state index in [0.29, 0.717) is 11.6 Å². The van der Waals surface area contributed by atoms with Crippen molar-refractivity contribution in [1.29, 1.82) is 0 Å². The Hall–Kier alpha value is -4.01. The largest absolute Gasteiger partial charge is 0.477 e. The number of carbonyl (C=O) groups excluding carboxylic acids is 1. The van der Waals surface area contributed by atoms with E-state index in [4.69, 9.17) is 0 Å². The van der Waals surface area contributed by atoms with Crippen molar-refractivity contribution in [3.8, 4) is 16.9 Å². The lowest BCUT2D eigenvalue weighted by atomic mass is 9.80. The van der Waals surface area contributed by atoms with E-state index in [-0.39, 0.29) is 29.2 Å². The Balaban J connectivity index is 1.44. The van der Waals surface area contributed by atoms with Crippen LogP contribution in [0.2, 0.25) is 0 Å². The number of amides is 1. The number of fused-ring (bicyclic) bond motifs is 1. The van der Waals surface area contributed by atoms with Crippen LogP contribution in [0.15, 0.2) is 55.0 Å². The summed E-state index contributed by atoms with van der Waals surface area (Å²) in [5.41, 5.74) is 3.15. The number of nitrogens with zero attached hydrogens (tertiary/aromatic N) is 6. The van der Waals surface area contributed by atoms with Crippen LogP contribution in [0.25, 0.3) is 22.6 Å². The summed E-state index contributed by atoms with van der Waals surface area (Å²) in [6.07, 6.45) is 9.93. The number of rotatable bonds is 7. The van der Waals surface area contributed by atoms with Crippen LogP contribution in [-0.4, -0.2) is 47.4 Å². The van der Waals surface area contributed by atoms with Gasteiger partial charge in [-0.15, -0.1) is 5.10 Å². The molecule has 1 aliphatic rings. The molecule has 1 fully saturated rings. The molecule has 4 aromatic rings. The van der Waals surface area contributed by atoms with E-state index in [0.717, 1.165) is 49.0 Å². The van der Waals surface area contributed by atoms with Gasteiger partial charge in [-0.3, -0.25) is 9.69 Å². The Kier molecular flexibility index (Phi) is 6.78. The molecular weight excluding hydrogens is 468 g/mol. The molecule has 1 aliphatic carbocycles. The SMILES string of the molecule is CCC1CCC(C(=O)N(c2nn(-c3ccc(-c4cc5ncccn5n4)cc3)cc2C(=O)O)C(C)C)CC1. The predicted octanol–water partition coefficient (Wildman–Crippen LogP) is 5.24. The number of carboxylic acids is 1. The summed E-state index contributed by atoms with van der Waals surface area (Å²) in [5.74, 6) is -0.377. The van der Waals surface area contributed by atoms with E-state index < -0.39 is 5.97 Å². The van der Waals surface area contributed by atoms with Crippen LogP contribution in [-0.2, 0) is 4.79 Å². The predicted molar refractivity (Wildman–Crippen MR) is 141 cm³/mol. The van der Waals surface area contributed by atoms with Gasteiger partial charge in [0.2, 0.25) is 5.91 Å². The molecule has 0 spiro atoms. The van der Waals surface area contributed by atoms with Gasteiger partial charge in [-0.1, -0.05) is 25.5 Å². The Bertz CT molecular complexity index is 1380. The molecule has 3 heterocycles. The summed E-state index contributed by atoms with van der Waals surface area (Å²) in [4.78, 5) is 31.7. The molecule has 0 saturated heterocycles. The van der Waals surface area contributed by atoms with Gasteiger partial charge < -0.3 is 5.11 Å². The third kappa shape index (κ3) is 4.85. The first-order valence-corrected chi connectivity index (χ1v) is 12.9. The lowest BCUT2D eigenvalue weighted by molar-refractivity contribution is -0.124. The molecule has 0 atom stereocenters. The molecule has 3 aromatic heterocycles. The molecule has 0 aliphatic heterocycles. The quantitative estimate of drug-likeness (QED) is 0.372. The molecule has 9 nitrogen and oxygen atoms in total. The Labute approximate surface area is 215 Å². The maximum atomic E-state index is 13.6. The first-order valence-electron chi connectivity index (χ1n) is 12.9. The minimum Gasteiger partial charge on any atom is -0.477 e. The van der Waals surface area contributed by atoms with Crippen LogP contribution in [0.1, 0.15) is 63.2 Å². The lowest BCUT2D eigenvalue weighted by Gasteiger charge is -2.33. The average molecular weight is 501 g/mol. The number of carboxylic acid groups (broad SMARTS) is 1. The van der Waals surface area contributed by atoms with E-state index in [2.05, 4.69) is 22.1 Å². The van der Waals surface area contributed by atoms with Gasteiger partial charge in [0.15, 0.2) is 11.5 Å². The summed E-state index contributed by atoms with van der Waals surface area (Å²) >= 11 is 0. The van der Waals surface area contributed by atoms with Crippen molar-refractivity contribution >= 4 is 23.3 Å². The average Bonchev–Trinajstić information content (AvgIpc) is 3.54. The summed E-state index contributed by atoms with van der Waals surface area (Å²) in [5, 5.41) is 19.1. The fourth-order valence-electron chi connectivity index (χ4n) is 5.20. The number of carbonyl (C=O) groups is 2. The van der Waals surface area contributed by atoms with E-state index in [1.807, 2.05) is 56.4 Å². The van der Waals surface area contributed by atoms with Gasteiger partial charge in [0, 0.05) is 42.2 Å². The zero-order chi connectivity index (χ0) is 26.1. The summed E-state index contributed by atoms with van der Waals surface area (Å²) in [6, 6.07) is 11.1. The molecule has 1 N–H and O–H groups in total. The number of anilines is 1. The van der Waals surface area contributed by atoms with Crippen LogP contribution >= 0.6 is 0 Å². The van der Waals surface area contributed by atoms with Crippen LogP contribution in [0.5, 0.6) is 0 Å². The van der Waals surface area contributed by atoms with Crippen molar-refractivity contribution in [2.24, 2.45) is 11.8 Å². The molecule has 9 heteroatoms. The Morgan fingerprint density at radius 3 is 2.46 bits per heavy atom. The minimum atomic E-state index is -1.11. The first-order chi connectivity index (χ1) is 17.9. The maximum absolute atomic E-state index is 13.6. The third-order valence-electron chi connectivity index (χ3n) is 7.34. The van der Waals surface area contributed by atoms with Crippen LogP contribution < -0.4 is 4.90 Å². The van der Waals surface area contributed by atoms with Crippen molar-refractivity contribution in [3.63, 3.8) is 0 Å². The number of aromatic nitrogens is 5. The number of hydrogen-bond donors (Lipinski definition) is 1. The molecule has 0 bridgehead atoms. The maximum Gasteiger partial charge on any atom is 0.341 e. The van der Waals surface area contributed by atoms with Gasteiger partial charge in [-0.2, -0.15) is 5.10 Å². The van der Waals surface area contributed by atoms with Crippen LogP contribution in [0.3, 0.4) is 0 Å². The summed E-state index contributed by atoms with van der Waals surface area (Å²) in [6.45, 7) is 6.00. The van der Waals surface area contributed by atoms with Crippen LogP contribution in [0, 0.1) is 11.8 Å². The second kappa shape index (κ2) is 10.2. The highest BCUT2D eigenvalue weighted by molar-refractivity contribution is 6.01. The standard InChI is InChI=1S/C28H32N6O3/c1-4-19-6-8-21(9-7-19)27(35)34(18(2)3)26-23(28(36)37)17-33(31-26)22-12-10-20(11-13-22)24-16-25-29-14-5-15-32(25)30-24/h5,10-19,21H,4,6-9H2,1-3H3,(H,36,37). The van der Waals surface area contributed by atoms with Gasteiger partial charge in [-0.05, 0) is 63.6 Å². The molecule has 1 amide bonds. The van der Waals surface area contributed by atoms with Crippen molar-refractivity contribution in [3.05, 3.63) is 60.6 Å². The van der Waals surface area contributed by atoms with Crippen molar-refractivity contribution in [1.82, 2.24) is 24.4 Å². The van der Waals surface area contributed by atoms with E-state index in [1.165, 1.54) is 10.9 Å².